The number of carbonyl (C=O) groups is 4. The number of benzene rings is 1. The van der Waals surface area contributed by atoms with Crippen molar-refractivity contribution >= 4 is 24.4 Å². The second kappa shape index (κ2) is 8.33. The molecule has 7 nitrogen and oxygen atoms in total. The summed E-state index contributed by atoms with van der Waals surface area (Å²) in [5, 5.41) is 4.93. The highest BCUT2D eigenvalue weighted by Crippen LogP contribution is 2.11. The summed E-state index contributed by atoms with van der Waals surface area (Å²) in [5.74, 6) is -1.05. The Kier molecular flexibility index (Phi) is 5.90. The van der Waals surface area contributed by atoms with E-state index in [4.69, 9.17) is 0 Å². The van der Waals surface area contributed by atoms with Crippen molar-refractivity contribution in [3.05, 3.63) is 65.5 Å². The summed E-state index contributed by atoms with van der Waals surface area (Å²) in [6.07, 6.45) is 3.75. The first kappa shape index (κ1) is 17.0. The van der Waals surface area contributed by atoms with Crippen LogP contribution in [0.4, 0.5) is 0 Å². The van der Waals surface area contributed by atoms with Crippen molar-refractivity contribution in [2.24, 2.45) is 0 Å². The lowest BCUT2D eigenvalue weighted by Crippen LogP contribution is -2.30. The van der Waals surface area contributed by atoms with Crippen LogP contribution >= 0.6 is 0 Å². The summed E-state index contributed by atoms with van der Waals surface area (Å²) in [5.41, 5.74) is 0.928. The number of hydrogen-bond acceptors (Lipinski definition) is 5. The standard InChI is InChI=1S/C17H15N3O4/c21-7-6-19-16(23)13-8-14(10-18-9-13)17(24)20-15(11-22)12-4-2-1-3-5-12/h1-5,7-11,15H,6H2,(H,19,23)(H,20,24). The first-order chi connectivity index (χ1) is 11.7. The molecule has 0 aliphatic heterocycles. The molecule has 2 rings (SSSR count). The summed E-state index contributed by atoms with van der Waals surface area (Å²) >= 11 is 0. The summed E-state index contributed by atoms with van der Waals surface area (Å²) < 4.78 is 0. The minimum atomic E-state index is -0.800. The van der Waals surface area contributed by atoms with Gasteiger partial charge in [0.15, 0.2) is 0 Å². The molecule has 0 aliphatic carbocycles. The summed E-state index contributed by atoms with van der Waals surface area (Å²) in [7, 11) is 0. The predicted octanol–water partition coefficient (Wildman–Crippen LogP) is 0.680. The minimum absolute atomic E-state index is 0.128. The van der Waals surface area contributed by atoms with E-state index in [2.05, 4.69) is 15.6 Å². The number of nitrogens with one attached hydrogen (secondary N) is 2. The molecule has 2 aromatic rings. The van der Waals surface area contributed by atoms with Crippen molar-refractivity contribution in [3.63, 3.8) is 0 Å². The Balaban J connectivity index is 2.13. The van der Waals surface area contributed by atoms with Crippen LogP contribution in [0.15, 0.2) is 48.8 Å². The maximum absolute atomic E-state index is 12.3. The van der Waals surface area contributed by atoms with Gasteiger partial charge in [0.05, 0.1) is 17.7 Å². The van der Waals surface area contributed by atoms with Crippen LogP contribution in [-0.4, -0.2) is 35.9 Å². The molecular weight excluding hydrogens is 310 g/mol. The fraction of sp³-hybridized carbons (Fsp3) is 0.118. The van der Waals surface area contributed by atoms with E-state index < -0.39 is 17.9 Å². The van der Waals surface area contributed by atoms with E-state index in [1.165, 1.54) is 18.5 Å². The lowest BCUT2D eigenvalue weighted by Gasteiger charge is -2.13. The van der Waals surface area contributed by atoms with E-state index in [0.29, 0.717) is 18.1 Å². The maximum Gasteiger partial charge on any atom is 0.253 e. The Morgan fingerprint density at radius 3 is 2.33 bits per heavy atom. The number of nitrogens with zero attached hydrogens (tertiary/aromatic N) is 1. The fourth-order valence-electron chi connectivity index (χ4n) is 2.01. The van der Waals surface area contributed by atoms with Crippen molar-refractivity contribution in [1.29, 1.82) is 0 Å². The number of pyridine rings is 1. The van der Waals surface area contributed by atoms with Crippen molar-refractivity contribution < 1.29 is 19.2 Å². The number of aromatic nitrogens is 1. The third kappa shape index (κ3) is 4.33. The Morgan fingerprint density at radius 2 is 1.71 bits per heavy atom. The SMILES string of the molecule is O=CCNC(=O)c1cncc(C(=O)NC(C=O)c2ccccc2)c1. The van der Waals surface area contributed by atoms with Crippen LogP contribution in [0.3, 0.4) is 0 Å². The van der Waals surface area contributed by atoms with Gasteiger partial charge in [0.1, 0.15) is 18.6 Å². The maximum atomic E-state index is 12.3. The molecule has 1 unspecified atom stereocenters. The Hall–Kier alpha value is -3.35. The van der Waals surface area contributed by atoms with Crippen LogP contribution in [0.5, 0.6) is 0 Å². The molecule has 24 heavy (non-hydrogen) atoms. The predicted molar refractivity (Wildman–Crippen MR) is 85.3 cm³/mol. The quantitative estimate of drug-likeness (QED) is 0.728. The molecular formula is C17H15N3O4. The fourth-order valence-corrected chi connectivity index (χ4v) is 2.01. The van der Waals surface area contributed by atoms with E-state index in [1.807, 2.05) is 0 Å². The van der Waals surface area contributed by atoms with Gasteiger partial charge < -0.3 is 20.2 Å². The largest absolute Gasteiger partial charge is 0.345 e. The highest BCUT2D eigenvalue weighted by atomic mass is 16.2. The molecule has 0 aliphatic rings. The van der Waals surface area contributed by atoms with Crippen LogP contribution in [-0.2, 0) is 9.59 Å². The van der Waals surface area contributed by atoms with E-state index in [9.17, 15) is 19.2 Å². The van der Waals surface area contributed by atoms with Gasteiger partial charge >= 0.3 is 0 Å². The van der Waals surface area contributed by atoms with Gasteiger partial charge in [-0.2, -0.15) is 0 Å². The molecule has 2 amide bonds. The van der Waals surface area contributed by atoms with Gasteiger partial charge in [-0.15, -0.1) is 0 Å². The average Bonchev–Trinajstić information content (AvgIpc) is 2.64. The topological polar surface area (TPSA) is 105 Å². The van der Waals surface area contributed by atoms with Crippen molar-refractivity contribution in [1.82, 2.24) is 15.6 Å². The molecule has 1 aromatic carbocycles. The molecule has 0 bridgehead atoms. The first-order valence-corrected chi connectivity index (χ1v) is 7.13. The number of aldehydes is 2. The molecule has 0 spiro atoms. The molecule has 2 N–H and O–H groups in total. The van der Waals surface area contributed by atoms with Crippen LogP contribution in [0.25, 0.3) is 0 Å². The number of hydrogen-bond donors (Lipinski definition) is 2. The Labute approximate surface area is 138 Å². The molecule has 0 saturated heterocycles. The van der Waals surface area contributed by atoms with Gasteiger partial charge in [0, 0.05) is 12.4 Å². The van der Waals surface area contributed by atoms with Gasteiger partial charge in [-0.1, -0.05) is 30.3 Å². The molecule has 1 heterocycles. The number of rotatable bonds is 7. The zero-order valence-electron chi connectivity index (χ0n) is 12.6. The number of carbonyl (C=O) groups excluding carboxylic acids is 4. The van der Waals surface area contributed by atoms with Gasteiger partial charge in [0.2, 0.25) is 0 Å². The average molecular weight is 325 g/mol. The smallest absolute Gasteiger partial charge is 0.253 e. The zero-order valence-corrected chi connectivity index (χ0v) is 12.6. The van der Waals surface area contributed by atoms with Crippen LogP contribution in [0.1, 0.15) is 32.3 Å². The third-order valence-electron chi connectivity index (χ3n) is 3.19. The normalized spacial score (nSPS) is 11.2. The Bertz CT molecular complexity index is 747. The summed E-state index contributed by atoms with van der Waals surface area (Å²) in [4.78, 5) is 49.4. The van der Waals surface area contributed by atoms with Crippen LogP contribution in [0.2, 0.25) is 0 Å². The molecule has 0 fully saturated rings. The van der Waals surface area contributed by atoms with Gasteiger partial charge in [-0.25, -0.2) is 0 Å². The van der Waals surface area contributed by atoms with Crippen molar-refractivity contribution in [2.75, 3.05) is 6.54 Å². The summed E-state index contributed by atoms with van der Waals surface area (Å²) in [6.45, 7) is -0.128. The van der Waals surface area contributed by atoms with Crippen molar-refractivity contribution in [3.8, 4) is 0 Å². The van der Waals surface area contributed by atoms with Gasteiger partial charge in [-0.05, 0) is 11.6 Å². The highest BCUT2D eigenvalue weighted by Gasteiger charge is 2.16. The number of amides is 2. The van der Waals surface area contributed by atoms with E-state index in [1.54, 1.807) is 30.3 Å². The molecule has 1 aromatic heterocycles. The van der Waals surface area contributed by atoms with Crippen LogP contribution < -0.4 is 10.6 Å². The molecule has 0 radical (unpaired) electrons. The van der Waals surface area contributed by atoms with E-state index in [0.717, 1.165) is 0 Å². The lowest BCUT2D eigenvalue weighted by atomic mass is 10.1. The van der Waals surface area contributed by atoms with Gasteiger partial charge in [0.25, 0.3) is 11.8 Å². The first-order valence-electron chi connectivity index (χ1n) is 7.13. The van der Waals surface area contributed by atoms with Crippen molar-refractivity contribution in [2.45, 2.75) is 6.04 Å². The molecule has 122 valence electrons. The lowest BCUT2D eigenvalue weighted by molar-refractivity contribution is -0.109. The Morgan fingerprint density at radius 1 is 1.04 bits per heavy atom. The van der Waals surface area contributed by atoms with E-state index in [-0.39, 0.29) is 17.7 Å². The van der Waals surface area contributed by atoms with Crippen LogP contribution in [0, 0.1) is 0 Å². The second-order valence-electron chi connectivity index (χ2n) is 4.84. The van der Waals surface area contributed by atoms with E-state index >= 15 is 0 Å². The monoisotopic (exact) mass is 325 g/mol. The second-order valence-corrected chi connectivity index (χ2v) is 4.84. The minimum Gasteiger partial charge on any atom is -0.345 e. The molecule has 0 saturated carbocycles. The highest BCUT2D eigenvalue weighted by molar-refractivity contribution is 6.00. The molecule has 7 heteroatoms. The third-order valence-corrected chi connectivity index (χ3v) is 3.19. The van der Waals surface area contributed by atoms with Gasteiger partial charge in [-0.3, -0.25) is 14.6 Å². The summed E-state index contributed by atoms with van der Waals surface area (Å²) in [6, 6.07) is 9.32. The zero-order chi connectivity index (χ0) is 17.4. The molecule has 1 atom stereocenters.